The summed E-state index contributed by atoms with van der Waals surface area (Å²) < 4.78 is 14.6. The summed E-state index contributed by atoms with van der Waals surface area (Å²) >= 11 is 9.11. The number of benzene rings is 2. The van der Waals surface area contributed by atoms with Crippen molar-refractivity contribution in [2.45, 2.75) is 0 Å². The SMILES string of the molecule is Fc1c(Cl)cccc1-c1ccccc1Br. The minimum absolute atomic E-state index is 0.142. The summed E-state index contributed by atoms with van der Waals surface area (Å²) in [6.45, 7) is 0. The second-order valence-electron chi connectivity index (χ2n) is 3.08. The Balaban J connectivity index is 2.65. The zero-order chi connectivity index (χ0) is 10.8. The number of hydrogen-bond donors (Lipinski definition) is 0. The average molecular weight is 286 g/mol. The van der Waals surface area contributed by atoms with Crippen molar-refractivity contribution in [1.29, 1.82) is 0 Å². The van der Waals surface area contributed by atoms with E-state index in [1.165, 1.54) is 6.07 Å². The largest absolute Gasteiger partial charge is 0.205 e. The Morgan fingerprint density at radius 2 is 1.60 bits per heavy atom. The highest BCUT2D eigenvalue weighted by atomic mass is 79.9. The first-order chi connectivity index (χ1) is 7.20. The van der Waals surface area contributed by atoms with Gasteiger partial charge in [-0.2, -0.15) is 0 Å². The standard InChI is InChI=1S/C12H7BrClF/c13-10-6-2-1-4-8(10)9-5-3-7-11(14)12(9)15/h1-7H. The second-order valence-corrected chi connectivity index (χ2v) is 4.34. The van der Waals surface area contributed by atoms with Gasteiger partial charge in [0.15, 0.2) is 0 Å². The van der Waals surface area contributed by atoms with E-state index < -0.39 is 0 Å². The Labute approximate surface area is 101 Å². The molecule has 2 aromatic rings. The summed E-state index contributed by atoms with van der Waals surface area (Å²) in [5, 5.41) is 0.142. The molecular weight excluding hydrogens is 278 g/mol. The molecule has 0 aliphatic rings. The van der Waals surface area contributed by atoms with Crippen molar-refractivity contribution in [3.05, 3.63) is 57.8 Å². The van der Waals surface area contributed by atoms with Gasteiger partial charge in [-0.3, -0.25) is 0 Å². The first-order valence-corrected chi connectivity index (χ1v) is 5.56. The molecule has 0 aliphatic carbocycles. The minimum atomic E-state index is -0.383. The molecule has 2 aromatic carbocycles. The van der Waals surface area contributed by atoms with Crippen LogP contribution in [0.4, 0.5) is 4.39 Å². The predicted octanol–water partition coefficient (Wildman–Crippen LogP) is 4.91. The van der Waals surface area contributed by atoms with Gasteiger partial charge in [0.1, 0.15) is 5.82 Å². The van der Waals surface area contributed by atoms with Gasteiger partial charge in [-0.25, -0.2) is 4.39 Å². The molecule has 0 bridgehead atoms. The summed E-state index contributed by atoms with van der Waals surface area (Å²) in [6.07, 6.45) is 0. The summed E-state index contributed by atoms with van der Waals surface area (Å²) in [7, 11) is 0. The fourth-order valence-electron chi connectivity index (χ4n) is 1.39. The molecule has 0 fully saturated rings. The molecule has 0 saturated heterocycles. The molecule has 0 nitrogen and oxygen atoms in total. The van der Waals surface area contributed by atoms with Crippen molar-refractivity contribution in [1.82, 2.24) is 0 Å². The lowest BCUT2D eigenvalue weighted by molar-refractivity contribution is 0.631. The summed E-state index contributed by atoms with van der Waals surface area (Å²) in [5.74, 6) is -0.383. The Morgan fingerprint density at radius 3 is 2.33 bits per heavy atom. The van der Waals surface area contributed by atoms with Gasteiger partial charge in [0, 0.05) is 10.0 Å². The number of hydrogen-bond acceptors (Lipinski definition) is 0. The van der Waals surface area contributed by atoms with Gasteiger partial charge in [0.25, 0.3) is 0 Å². The van der Waals surface area contributed by atoms with Crippen LogP contribution >= 0.6 is 27.5 Å². The summed E-state index contributed by atoms with van der Waals surface area (Å²) in [5.41, 5.74) is 1.31. The molecule has 2 rings (SSSR count). The van der Waals surface area contributed by atoms with Crippen molar-refractivity contribution in [3.8, 4) is 11.1 Å². The number of halogens is 3. The van der Waals surface area contributed by atoms with Crippen LogP contribution in [0.25, 0.3) is 11.1 Å². The first kappa shape index (κ1) is 10.7. The van der Waals surface area contributed by atoms with Crippen molar-refractivity contribution < 1.29 is 4.39 Å². The predicted molar refractivity (Wildman–Crippen MR) is 64.5 cm³/mol. The van der Waals surface area contributed by atoms with Crippen molar-refractivity contribution in [2.75, 3.05) is 0 Å². The Kier molecular flexibility index (Phi) is 3.08. The smallest absolute Gasteiger partial charge is 0.149 e. The van der Waals surface area contributed by atoms with E-state index in [-0.39, 0.29) is 10.8 Å². The average Bonchev–Trinajstić information content (AvgIpc) is 2.23. The second kappa shape index (κ2) is 4.33. The van der Waals surface area contributed by atoms with E-state index in [4.69, 9.17) is 11.6 Å². The molecule has 0 atom stereocenters. The normalized spacial score (nSPS) is 10.3. The van der Waals surface area contributed by atoms with E-state index in [0.717, 1.165) is 10.0 Å². The molecule has 0 aromatic heterocycles. The molecule has 3 heteroatoms. The van der Waals surface area contributed by atoms with E-state index in [1.807, 2.05) is 24.3 Å². The molecular formula is C12H7BrClF. The molecule has 15 heavy (non-hydrogen) atoms. The summed E-state index contributed by atoms with van der Waals surface area (Å²) in [6, 6.07) is 12.4. The van der Waals surface area contributed by atoms with E-state index in [0.29, 0.717) is 5.56 Å². The van der Waals surface area contributed by atoms with Gasteiger partial charge in [0.05, 0.1) is 5.02 Å². The van der Waals surface area contributed by atoms with Crippen molar-refractivity contribution in [3.63, 3.8) is 0 Å². The van der Waals surface area contributed by atoms with Crippen LogP contribution in [0.2, 0.25) is 5.02 Å². The Bertz CT molecular complexity index is 497. The van der Waals surface area contributed by atoms with Crippen LogP contribution in [0.5, 0.6) is 0 Å². The van der Waals surface area contributed by atoms with Gasteiger partial charge in [-0.05, 0) is 17.7 Å². The third kappa shape index (κ3) is 2.06. The molecule has 76 valence electrons. The molecule has 0 radical (unpaired) electrons. The maximum atomic E-state index is 13.7. The fraction of sp³-hybridized carbons (Fsp3) is 0. The molecule has 0 aliphatic heterocycles. The van der Waals surface area contributed by atoms with Crippen molar-refractivity contribution in [2.24, 2.45) is 0 Å². The molecule has 0 unspecified atom stereocenters. The third-order valence-electron chi connectivity index (χ3n) is 2.12. The zero-order valence-electron chi connectivity index (χ0n) is 7.68. The lowest BCUT2D eigenvalue weighted by Crippen LogP contribution is -1.86. The van der Waals surface area contributed by atoms with Crippen LogP contribution in [0, 0.1) is 5.82 Å². The van der Waals surface area contributed by atoms with Gasteiger partial charge in [0.2, 0.25) is 0 Å². The Hall–Kier alpha value is -0.860. The van der Waals surface area contributed by atoms with Crippen molar-refractivity contribution >= 4 is 27.5 Å². The highest BCUT2D eigenvalue weighted by Gasteiger charge is 2.10. The van der Waals surface area contributed by atoms with Crippen LogP contribution in [-0.4, -0.2) is 0 Å². The lowest BCUT2D eigenvalue weighted by atomic mass is 10.1. The highest BCUT2D eigenvalue weighted by molar-refractivity contribution is 9.10. The highest BCUT2D eigenvalue weighted by Crippen LogP contribution is 2.32. The van der Waals surface area contributed by atoms with E-state index in [1.54, 1.807) is 12.1 Å². The van der Waals surface area contributed by atoms with E-state index in [2.05, 4.69) is 15.9 Å². The molecule has 0 N–H and O–H groups in total. The van der Waals surface area contributed by atoms with Gasteiger partial charge < -0.3 is 0 Å². The van der Waals surface area contributed by atoms with Crippen LogP contribution < -0.4 is 0 Å². The van der Waals surface area contributed by atoms with E-state index in [9.17, 15) is 4.39 Å². The molecule has 0 amide bonds. The quantitative estimate of drug-likeness (QED) is 0.698. The van der Waals surface area contributed by atoms with Gasteiger partial charge >= 0.3 is 0 Å². The molecule has 0 spiro atoms. The van der Waals surface area contributed by atoms with Crippen LogP contribution in [0.3, 0.4) is 0 Å². The van der Waals surface area contributed by atoms with Crippen LogP contribution in [0.15, 0.2) is 46.9 Å². The molecule has 0 saturated carbocycles. The maximum Gasteiger partial charge on any atom is 0.149 e. The summed E-state index contributed by atoms with van der Waals surface area (Å²) in [4.78, 5) is 0. The monoisotopic (exact) mass is 284 g/mol. The number of rotatable bonds is 1. The van der Waals surface area contributed by atoms with Gasteiger partial charge in [-0.1, -0.05) is 57.9 Å². The zero-order valence-corrected chi connectivity index (χ0v) is 10.0. The van der Waals surface area contributed by atoms with Crippen LogP contribution in [0.1, 0.15) is 0 Å². The van der Waals surface area contributed by atoms with E-state index >= 15 is 0 Å². The lowest BCUT2D eigenvalue weighted by Gasteiger charge is -2.06. The Morgan fingerprint density at radius 1 is 0.933 bits per heavy atom. The fourth-order valence-corrected chi connectivity index (χ4v) is 2.06. The maximum absolute atomic E-state index is 13.7. The topological polar surface area (TPSA) is 0 Å². The first-order valence-electron chi connectivity index (χ1n) is 4.39. The van der Waals surface area contributed by atoms with Crippen LogP contribution in [-0.2, 0) is 0 Å². The van der Waals surface area contributed by atoms with Gasteiger partial charge in [-0.15, -0.1) is 0 Å². The minimum Gasteiger partial charge on any atom is -0.205 e. The third-order valence-corrected chi connectivity index (χ3v) is 3.10. The molecule has 0 heterocycles.